The highest BCUT2D eigenvalue weighted by Crippen LogP contribution is 2.05. The maximum Gasteiger partial charge on any atom is 0.328 e. The second kappa shape index (κ2) is 3.05. The van der Waals surface area contributed by atoms with Crippen molar-refractivity contribution in [2.75, 3.05) is 0 Å². The van der Waals surface area contributed by atoms with Crippen LogP contribution in [0.4, 0.5) is 0 Å². The summed E-state index contributed by atoms with van der Waals surface area (Å²) < 4.78 is 1.24. The number of hydrogen-bond acceptors (Lipinski definition) is 3. The van der Waals surface area contributed by atoms with Crippen molar-refractivity contribution >= 4 is 5.97 Å². The molecule has 1 atom stereocenters. The van der Waals surface area contributed by atoms with E-state index in [4.69, 9.17) is 10.4 Å². The molecule has 0 radical (unpaired) electrons. The number of hydrogen-bond donors (Lipinski definition) is 1. The first-order chi connectivity index (χ1) is 5.65. The summed E-state index contributed by atoms with van der Waals surface area (Å²) in [5, 5.41) is 20.7. The zero-order valence-corrected chi connectivity index (χ0v) is 6.43. The second-order valence-electron chi connectivity index (χ2n) is 2.34. The van der Waals surface area contributed by atoms with Gasteiger partial charge in [0.25, 0.3) is 0 Å². The van der Waals surface area contributed by atoms with E-state index in [9.17, 15) is 4.79 Å². The molecular weight excluding hydrogens is 158 g/mol. The van der Waals surface area contributed by atoms with E-state index < -0.39 is 12.0 Å². The summed E-state index contributed by atoms with van der Waals surface area (Å²) in [7, 11) is 0. The Morgan fingerprint density at radius 3 is 3.00 bits per heavy atom. The molecular formula is C7H7N3O2. The van der Waals surface area contributed by atoms with E-state index in [0.29, 0.717) is 5.56 Å². The van der Waals surface area contributed by atoms with Gasteiger partial charge in [-0.3, -0.25) is 4.68 Å². The van der Waals surface area contributed by atoms with Crippen LogP contribution in [0.3, 0.4) is 0 Å². The normalized spacial score (nSPS) is 12.0. The number of nitriles is 1. The number of carbonyl (C=O) groups is 1. The van der Waals surface area contributed by atoms with Gasteiger partial charge in [0.2, 0.25) is 0 Å². The van der Waals surface area contributed by atoms with Crippen LogP contribution in [0.5, 0.6) is 0 Å². The number of rotatable bonds is 2. The molecule has 5 nitrogen and oxygen atoms in total. The third kappa shape index (κ3) is 1.42. The number of aromatic nitrogens is 2. The van der Waals surface area contributed by atoms with Gasteiger partial charge in [0.1, 0.15) is 12.1 Å². The fraction of sp³-hybridized carbons (Fsp3) is 0.286. The molecule has 1 rings (SSSR count). The van der Waals surface area contributed by atoms with Crippen LogP contribution in [0.25, 0.3) is 0 Å². The predicted octanol–water partition coefficient (Wildman–Crippen LogP) is 0.400. The van der Waals surface area contributed by atoms with Crippen molar-refractivity contribution in [1.29, 1.82) is 5.26 Å². The molecule has 0 aliphatic rings. The molecule has 1 aromatic heterocycles. The Hall–Kier alpha value is -1.83. The van der Waals surface area contributed by atoms with Gasteiger partial charge in [-0.15, -0.1) is 0 Å². The van der Waals surface area contributed by atoms with Gasteiger partial charge in [0.05, 0.1) is 11.8 Å². The Kier molecular flexibility index (Phi) is 2.10. The SMILES string of the molecule is C[C@H](C(=O)O)n1cc(C#N)cn1. The Morgan fingerprint density at radius 2 is 2.58 bits per heavy atom. The molecule has 5 heteroatoms. The molecule has 0 saturated carbocycles. The largest absolute Gasteiger partial charge is 0.480 e. The van der Waals surface area contributed by atoms with E-state index in [1.165, 1.54) is 24.0 Å². The lowest BCUT2D eigenvalue weighted by molar-refractivity contribution is -0.140. The van der Waals surface area contributed by atoms with Crippen LogP contribution in [0.2, 0.25) is 0 Å². The van der Waals surface area contributed by atoms with E-state index in [0.717, 1.165) is 0 Å². The molecule has 0 unspecified atom stereocenters. The summed E-state index contributed by atoms with van der Waals surface area (Å²) >= 11 is 0. The standard InChI is InChI=1S/C7H7N3O2/c1-5(7(11)12)10-4-6(2-8)3-9-10/h3-5H,1H3,(H,11,12)/t5-/m1/s1. The van der Waals surface area contributed by atoms with Gasteiger partial charge < -0.3 is 5.11 Å². The van der Waals surface area contributed by atoms with Gasteiger partial charge in [-0.25, -0.2) is 4.79 Å². The lowest BCUT2D eigenvalue weighted by atomic mass is 10.3. The molecule has 0 fully saturated rings. The molecule has 1 heterocycles. The molecule has 0 bridgehead atoms. The number of carboxylic acids is 1. The molecule has 1 aromatic rings. The summed E-state index contributed by atoms with van der Waals surface area (Å²) in [6.45, 7) is 1.50. The Labute approximate surface area is 68.8 Å². The monoisotopic (exact) mass is 165 g/mol. The van der Waals surface area contributed by atoms with E-state index in [2.05, 4.69) is 5.10 Å². The van der Waals surface area contributed by atoms with Crippen LogP contribution in [-0.2, 0) is 4.79 Å². The van der Waals surface area contributed by atoms with Gasteiger partial charge in [-0.2, -0.15) is 10.4 Å². The molecule has 62 valence electrons. The maximum atomic E-state index is 10.5. The quantitative estimate of drug-likeness (QED) is 0.687. The zero-order valence-electron chi connectivity index (χ0n) is 6.43. The molecule has 0 aromatic carbocycles. The van der Waals surface area contributed by atoms with E-state index in [-0.39, 0.29) is 0 Å². The smallest absolute Gasteiger partial charge is 0.328 e. The Bertz CT molecular complexity index is 337. The predicted molar refractivity (Wildman–Crippen MR) is 39.3 cm³/mol. The van der Waals surface area contributed by atoms with E-state index >= 15 is 0 Å². The summed E-state index contributed by atoms with van der Waals surface area (Å²) in [5.41, 5.74) is 0.364. The van der Waals surface area contributed by atoms with Crippen LogP contribution < -0.4 is 0 Å². The average Bonchev–Trinajstić information content (AvgIpc) is 2.50. The third-order valence-corrected chi connectivity index (χ3v) is 1.48. The molecule has 0 aliphatic carbocycles. The lowest BCUT2D eigenvalue weighted by Gasteiger charge is -2.04. The van der Waals surface area contributed by atoms with E-state index in [1.807, 2.05) is 6.07 Å². The minimum atomic E-state index is -0.970. The van der Waals surface area contributed by atoms with Gasteiger partial charge in [-0.1, -0.05) is 0 Å². The molecule has 12 heavy (non-hydrogen) atoms. The van der Waals surface area contributed by atoms with Crippen molar-refractivity contribution in [1.82, 2.24) is 9.78 Å². The van der Waals surface area contributed by atoms with Crippen LogP contribution in [0, 0.1) is 11.3 Å². The van der Waals surface area contributed by atoms with Crippen LogP contribution in [0.15, 0.2) is 12.4 Å². The lowest BCUT2D eigenvalue weighted by Crippen LogP contribution is -2.15. The Morgan fingerprint density at radius 1 is 1.92 bits per heavy atom. The fourth-order valence-corrected chi connectivity index (χ4v) is 0.721. The zero-order chi connectivity index (χ0) is 9.14. The first-order valence-electron chi connectivity index (χ1n) is 3.32. The average molecular weight is 165 g/mol. The summed E-state index contributed by atoms with van der Waals surface area (Å²) in [4.78, 5) is 10.5. The first-order valence-corrected chi connectivity index (χ1v) is 3.32. The molecule has 0 saturated heterocycles. The highest BCUT2D eigenvalue weighted by molar-refractivity contribution is 5.71. The maximum absolute atomic E-state index is 10.5. The Balaban J connectivity index is 2.90. The summed E-state index contributed by atoms with van der Waals surface area (Å²) in [5.74, 6) is -0.970. The number of carboxylic acid groups (broad SMARTS) is 1. The van der Waals surface area contributed by atoms with E-state index in [1.54, 1.807) is 0 Å². The van der Waals surface area contributed by atoms with Crippen molar-refractivity contribution in [3.05, 3.63) is 18.0 Å². The van der Waals surface area contributed by atoms with Crippen LogP contribution in [0.1, 0.15) is 18.5 Å². The van der Waals surface area contributed by atoms with Gasteiger partial charge >= 0.3 is 5.97 Å². The molecule has 0 aliphatic heterocycles. The van der Waals surface area contributed by atoms with Crippen molar-refractivity contribution in [2.24, 2.45) is 0 Å². The van der Waals surface area contributed by atoms with Crippen molar-refractivity contribution in [3.63, 3.8) is 0 Å². The molecule has 1 N–H and O–H groups in total. The van der Waals surface area contributed by atoms with Gasteiger partial charge in [0.15, 0.2) is 0 Å². The van der Waals surface area contributed by atoms with Gasteiger partial charge in [-0.05, 0) is 6.92 Å². The van der Waals surface area contributed by atoms with Crippen molar-refractivity contribution < 1.29 is 9.90 Å². The number of nitrogens with zero attached hydrogens (tertiary/aromatic N) is 3. The van der Waals surface area contributed by atoms with Crippen LogP contribution in [-0.4, -0.2) is 20.9 Å². The first kappa shape index (κ1) is 8.27. The minimum absolute atomic E-state index is 0.364. The fourth-order valence-electron chi connectivity index (χ4n) is 0.721. The van der Waals surface area contributed by atoms with Gasteiger partial charge in [0, 0.05) is 6.20 Å². The summed E-state index contributed by atoms with van der Waals surface area (Å²) in [6, 6.07) is 1.14. The highest BCUT2D eigenvalue weighted by atomic mass is 16.4. The third-order valence-electron chi connectivity index (χ3n) is 1.48. The second-order valence-corrected chi connectivity index (χ2v) is 2.34. The number of aliphatic carboxylic acids is 1. The summed E-state index contributed by atoms with van der Waals surface area (Å²) in [6.07, 6.45) is 2.73. The van der Waals surface area contributed by atoms with Crippen molar-refractivity contribution in [3.8, 4) is 6.07 Å². The molecule has 0 amide bonds. The molecule has 0 spiro atoms. The van der Waals surface area contributed by atoms with Crippen molar-refractivity contribution in [2.45, 2.75) is 13.0 Å². The minimum Gasteiger partial charge on any atom is -0.480 e. The highest BCUT2D eigenvalue weighted by Gasteiger charge is 2.13. The topological polar surface area (TPSA) is 78.9 Å². The van der Waals surface area contributed by atoms with Crippen LogP contribution >= 0.6 is 0 Å².